The molecule has 0 amide bonds. The Morgan fingerprint density at radius 2 is 1.72 bits per heavy atom. The van der Waals surface area contributed by atoms with Crippen molar-refractivity contribution in [1.82, 2.24) is 0 Å². The monoisotopic (exact) mass is 255 g/mol. The number of ether oxygens (including phenoxy) is 2. The molecule has 0 aromatic rings. The zero-order valence-corrected chi connectivity index (χ0v) is 11.6. The van der Waals surface area contributed by atoms with Crippen LogP contribution in [0.5, 0.6) is 0 Å². The van der Waals surface area contributed by atoms with Gasteiger partial charge in [-0.15, -0.1) is 0 Å². The van der Waals surface area contributed by atoms with E-state index in [1.54, 1.807) is 7.11 Å². The number of esters is 1. The highest BCUT2D eigenvalue weighted by Crippen LogP contribution is 2.36. The largest absolute Gasteiger partial charge is 0.455 e. The summed E-state index contributed by atoms with van der Waals surface area (Å²) in [4.78, 5) is 11.6. The van der Waals surface area contributed by atoms with E-state index in [4.69, 9.17) is 15.2 Å². The highest BCUT2D eigenvalue weighted by Gasteiger charge is 2.40. The van der Waals surface area contributed by atoms with Crippen LogP contribution in [0.2, 0.25) is 0 Å². The Bertz CT molecular complexity index is 303. The van der Waals surface area contributed by atoms with Gasteiger partial charge in [0, 0.05) is 7.11 Å². The average Bonchev–Trinajstić information content (AvgIpc) is 2.37. The molecule has 4 unspecified atom stereocenters. The molecule has 0 spiro atoms. The molecule has 0 aromatic carbocycles. The van der Waals surface area contributed by atoms with Crippen LogP contribution in [0.15, 0.2) is 12.3 Å². The Balaban J connectivity index is 2.83. The first-order valence-corrected chi connectivity index (χ1v) is 6.73. The zero-order valence-electron chi connectivity index (χ0n) is 11.6. The Morgan fingerprint density at radius 3 is 2.11 bits per heavy atom. The van der Waals surface area contributed by atoms with Crippen LogP contribution >= 0.6 is 0 Å². The summed E-state index contributed by atoms with van der Waals surface area (Å²) in [5.74, 6) is 0.278. The van der Waals surface area contributed by atoms with E-state index in [-0.39, 0.29) is 17.9 Å². The maximum Gasteiger partial charge on any atom is 0.353 e. The van der Waals surface area contributed by atoms with E-state index >= 15 is 0 Å². The third-order valence-electron chi connectivity index (χ3n) is 3.99. The van der Waals surface area contributed by atoms with Crippen LogP contribution in [0, 0.1) is 11.8 Å². The van der Waals surface area contributed by atoms with Crippen LogP contribution in [-0.4, -0.2) is 25.3 Å². The predicted molar refractivity (Wildman–Crippen MR) is 70.8 cm³/mol. The summed E-state index contributed by atoms with van der Waals surface area (Å²) in [6, 6.07) is 0. The average molecular weight is 255 g/mol. The molecule has 0 aliphatic heterocycles. The summed E-state index contributed by atoms with van der Waals surface area (Å²) >= 11 is 0. The SMILES string of the molecule is C=C(N)C(=O)OC1C(CC)CCC(CC)C1OC. The van der Waals surface area contributed by atoms with Crippen LogP contribution in [0.25, 0.3) is 0 Å². The second-order valence-electron chi connectivity index (χ2n) is 5.01. The number of carbonyl (C=O) groups is 1. The first-order valence-electron chi connectivity index (χ1n) is 6.73. The van der Waals surface area contributed by atoms with Gasteiger partial charge in [-0.2, -0.15) is 0 Å². The van der Waals surface area contributed by atoms with Gasteiger partial charge in [-0.3, -0.25) is 0 Å². The molecule has 0 aromatic heterocycles. The smallest absolute Gasteiger partial charge is 0.353 e. The van der Waals surface area contributed by atoms with E-state index < -0.39 is 5.97 Å². The van der Waals surface area contributed by atoms with Gasteiger partial charge in [-0.1, -0.05) is 26.8 Å². The molecule has 4 heteroatoms. The van der Waals surface area contributed by atoms with E-state index in [0.717, 1.165) is 25.7 Å². The summed E-state index contributed by atoms with van der Waals surface area (Å²) in [5.41, 5.74) is 5.34. The van der Waals surface area contributed by atoms with Crippen LogP contribution < -0.4 is 5.73 Å². The van der Waals surface area contributed by atoms with Gasteiger partial charge in [-0.25, -0.2) is 4.79 Å². The minimum absolute atomic E-state index is 0.0306. The van der Waals surface area contributed by atoms with Crippen molar-refractivity contribution in [3.8, 4) is 0 Å². The Kier molecular flexibility index (Phi) is 5.66. The fourth-order valence-corrected chi connectivity index (χ4v) is 2.86. The third kappa shape index (κ3) is 3.25. The lowest BCUT2D eigenvalue weighted by molar-refractivity contribution is -0.166. The van der Waals surface area contributed by atoms with E-state index in [1.165, 1.54) is 0 Å². The molecule has 1 aliphatic carbocycles. The first-order chi connectivity index (χ1) is 8.54. The van der Waals surface area contributed by atoms with Crippen molar-refractivity contribution in [2.45, 2.75) is 51.7 Å². The number of hydrogen-bond donors (Lipinski definition) is 1. The molecule has 1 fully saturated rings. The Morgan fingerprint density at radius 1 is 1.22 bits per heavy atom. The summed E-state index contributed by atoms with van der Waals surface area (Å²) in [6.07, 6.45) is 3.98. The van der Waals surface area contributed by atoms with Crippen LogP contribution in [-0.2, 0) is 14.3 Å². The molecular weight excluding hydrogens is 230 g/mol. The number of carbonyl (C=O) groups excluding carboxylic acids is 1. The van der Waals surface area contributed by atoms with Gasteiger partial charge in [0.05, 0.1) is 6.10 Å². The molecule has 1 saturated carbocycles. The number of rotatable bonds is 5. The Labute approximate surface area is 110 Å². The number of methoxy groups -OCH3 is 1. The Hall–Kier alpha value is -1.03. The lowest BCUT2D eigenvalue weighted by Crippen LogP contribution is -2.47. The van der Waals surface area contributed by atoms with Gasteiger partial charge in [-0.05, 0) is 31.1 Å². The summed E-state index contributed by atoms with van der Waals surface area (Å²) in [5, 5.41) is 0. The summed E-state index contributed by atoms with van der Waals surface area (Å²) in [6.45, 7) is 7.68. The lowest BCUT2D eigenvalue weighted by Gasteiger charge is -2.41. The molecule has 0 saturated heterocycles. The van der Waals surface area contributed by atoms with E-state index in [0.29, 0.717) is 11.8 Å². The molecule has 1 aliphatic rings. The first kappa shape index (κ1) is 15.0. The lowest BCUT2D eigenvalue weighted by atomic mass is 9.75. The maximum atomic E-state index is 11.6. The molecule has 4 nitrogen and oxygen atoms in total. The van der Waals surface area contributed by atoms with Crippen molar-refractivity contribution in [1.29, 1.82) is 0 Å². The van der Waals surface area contributed by atoms with Gasteiger partial charge in [0.15, 0.2) is 0 Å². The fraction of sp³-hybridized carbons (Fsp3) is 0.786. The zero-order chi connectivity index (χ0) is 13.7. The number of nitrogens with two attached hydrogens (primary N) is 1. The molecule has 0 radical (unpaired) electrons. The maximum absolute atomic E-state index is 11.6. The van der Waals surface area contributed by atoms with E-state index in [9.17, 15) is 4.79 Å². The van der Waals surface area contributed by atoms with Crippen LogP contribution in [0.1, 0.15) is 39.5 Å². The topological polar surface area (TPSA) is 61.6 Å². The minimum atomic E-state index is -0.516. The molecule has 104 valence electrons. The van der Waals surface area contributed by atoms with Crippen molar-refractivity contribution in [3.05, 3.63) is 12.3 Å². The molecule has 0 heterocycles. The quantitative estimate of drug-likeness (QED) is 0.604. The van der Waals surface area contributed by atoms with Gasteiger partial charge in [0.25, 0.3) is 0 Å². The summed E-state index contributed by atoms with van der Waals surface area (Å²) in [7, 11) is 1.68. The molecular formula is C14H25NO3. The molecule has 0 bridgehead atoms. The van der Waals surface area contributed by atoms with Crippen molar-refractivity contribution in [3.63, 3.8) is 0 Å². The fourth-order valence-electron chi connectivity index (χ4n) is 2.86. The van der Waals surface area contributed by atoms with Gasteiger partial charge in [0.1, 0.15) is 11.8 Å². The molecule has 2 N–H and O–H groups in total. The molecule has 4 atom stereocenters. The van der Waals surface area contributed by atoms with Gasteiger partial charge in [0.2, 0.25) is 0 Å². The van der Waals surface area contributed by atoms with E-state index in [2.05, 4.69) is 20.4 Å². The van der Waals surface area contributed by atoms with Crippen molar-refractivity contribution in [2.75, 3.05) is 7.11 Å². The van der Waals surface area contributed by atoms with Gasteiger partial charge < -0.3 is 15.2 Å². The standard InChI is InChI=1S/C14H25NO3/c1-5-10-7-8-11(6-2)13(12(10)17-4)18-14(16)9(3)15/h10-13H,3,5-8,15H2,1-2,4H3. The van der Waals surface area contributed by atoms with Crippen molar-refractivity contribution < 1.29 is 14.3 Å². The minimum Gasteiger partial charge on any atom is -0.455 e. The van der Waals surface area contributed by atoms with Crippen LogP contribution in [0.4, 0.5) is 0 Å². The normalized spacial score (nSPS) is 31.9. The number of hydrogen-bond acceptors (Lipinski definition) is 4. The predicted octanol–water partition coefficient (Wildman–Crippen LogP) is 2.23. The highest BCUT2D eigenvalue weighted by atomic mass is 16.6. The molecule has 1 rings (SSSR count). The molecule has 18 heavy (non-hydrogen) atoms. The highest BCUT2D eigenvalue weighted by molar-refractivity contribution is 5.86. The van der Waals surface area contributed by atoms with E-state index in [1.807, 2.05) is 0 Å². The van der Waals surface area contributed by atoms with Crippen LogP contribution in [0.3, 0.4) is 0 Å². The van der Waals surface area contributed by atoms with Gasteiger partial charge >= 0.3 is 5.97 Å². The van der Waals surface area contributed by atoms with Crippen molar-refractivity contribution in [2.24, 2.45) is 17.6 Å². The second-order valence-corrected chi connectivity index (χ2v) is 5.01. The second kappa shape index (κ2) is 6.78. The summed E-state index contributed by atoms with van der Waals surface area (Å²) < 4.78 is 11.1. The third-order valence-corrected chi connectivity index (χ3v) is 3.99. The van der Waals surface area contributed by atoms with Crippen molar-refractivity contribution >= 4 is 5.97 Å².